The Hall–Kier alpha value is -5.35. The average Bonchev–Trinajstić information content (AvgIpc) is 3.50. The van der Waals surface area contributed by atoms with Crippen molar-refractivity contribution in [1.29, 1.82) is 10.5 Å². The van der Waals surface area contributed by atoms with Crippen LogP contribution in [-0.4, -0.2) is 43.4 Å². The van der Waals surface area contributed by atoms with Gasteiger partial charge in [-0.05, 0) is 36.7 Å². The number of aromatic amines is 2. The van der Waals surface area contributed by atoms with Crippen LogP contribution in [-0.2, 0) is 0 Å². The van der Waals surface area contributed by atoms with Gasteiger partial charge in [0.1, 0.15) is 23.3 Å². The second kappa shape index (κ2) is 9.44. The molecule has 0 aliphatic heterocycles. The topological polar surface area (TPSA) is 158 Å². The number of nitrogens with one attached hydrogen (secondary N) is 2. The molecule has 0 saturated heterocycles. The van der Waals surface area contributed by atoms with E-state index in [-0.39, 0.29) is 48.7 Å². The van der Waals surface area contributed by atoms with Crippen LogP contribution in [0.4, 0.5) is 0 Å². The molecule has 12 nitrogen and oxygen atoms in total. The van der Waals surface area contributed by atoms with Gasteiger partial charge in [-0.2, -0.15) is 19.9 Å². The van der Waals surface area contributed by atoms with Crippen molar-refractivity contribution in [3.05, 3.63) is 102 Å². The van der Waals surface area contributed by atoms with E-state index in [1.54, 1.807) is 60.7 Å². The van der Waals surface area contributed by atoms with Gasteiger partial charge in [-0.1, -0.05) is 60.7 Å². The molecule has 4 heterocycles. The number of benzene rings is 2. The van der Waals surface area contributed by atoms with E-state index in [1.165, 1.54) is 9.36 Å². The standard InChI is InChI=1S/C25H12N10O2S3/c26-11-15-17(13-7-3-1-4-8-13)28-21-30-34(23(38)32(21)19(15)36)25(40)35-24(39)33-20(37)16(12-27)18(29-22(33)31-35)14-9-5-2-6-10-14/h1-10H,(H,28,30)(H,29,31). The molecule has 0 spiro atoms. The Balaban J connectivity index is 1.56. The zero-order valence-corrected chi connectivity index (χ0v) is 22.3. The molecule has 0 radical (unpaired) electrons. The van der Waals surface area contributed by atoms with Gasteiger partial charge in [0.15, 0.2) is 0 Å². The van der Waals surface area contributed by atoms with E-state index in [4.69, 9.17) is 36.7 Å². The first kappa shape index (κ1) is 25.0. The molecular formula is C25H12N10O2S3. The minimum absolute atomic E-state index is 0.0336. The SMILES string of the molecule is N#Cc1c(-c2ccccc2)nc2[nH]n(C(=S)n3[nH]c4nc(-c5ccccc5)c(C#N)c(=O)n4c3=S)c(=S)n2c1=O. The molecule has 4 aromatic heterocycles. The predicted molar refractivity (Wildman–Crippen MR) is 153 cm³/mol. The Morgan fingerprint density at radius 2 is 1.07 bits per heavy atom. The molecular weight excluding hydrogens is 569 g/mol. The Bertz CT molecular complexity index is 2180. The molecule has 192 valence electrons. The van der Waals surface area contributed by atoms with Crippen LogP contribution in [0.15, 0.2) is 70.3 Å². The van der Waals surface area contributed by atoms with Crippen LogP contribution in [0.25, 0.3) is 34.1 Å². The van der Waals surface area contributed by atoms with Crippen molar-refractivity contribution in [3.8, 4) is 34.7 Å². The van der Waals surface area contributed by atoms with Crippen molar-refractivity contribution >= 4 is 53.3 Å². The van der Waals surface area contributed by atoms with Crippen molar-refractivity contribution in [2.75, 3.05) is 0 Å². The fraction of sp³-hybridized carbons (Fsp3) is 0. The van der Waals surface area contributed by atoms with Crippen LogP contribution in [0.1, 0.15) is 11.1 Å². The summed E-state index contributed by atoms with van der Waals surface area (Å²) < 4.78 is 4.23. The zero-order chi connectivity index (χ0) is 28.1. The highest BCUT2D eigenvalue weighted by Gasteiger charge is 2.22. The lowest BCUT2D eigenvalue weighted by Gasteiger charge is -2.03. The molecule has 6 rings (SSSR count). The van der Waals surface area contributed by atoms with Crippen LogP contribution < -0.4 is 11.1 Å². The lowest BCUT2D eigenvalue weighted by molar-refractivity contribution is 0.822. The minimum Gasteiger partial charge on any atom is -0.267 e. The van der Waals surface area contributed by atoms with Crippen molar-refractivity contribution < 1.29 is 0 Å². The highest BCUT2D eigenvalue weighted by Crippen LogP contribution is 2.21. The molecule has 0 unspecified atom stereocenters. The summed E-state index contributed by atoms with van der Waals surface area (Å²) in [5.41, 5.74) is -0.254. The fourth-order valence-electron chi connectivity index (χ4n) is 4.21. The highest BCUT2D eigenvalue weighted by molar-refractivity contribution is 7.80. The van der Waals surface area contributed by atoms with E-state index in [1.807, 2.05) is 12.1 Å². The van der Waals surface area contributed by atoms with Gasteiger partial charge in [-0.3, -0.25) is 19.8 Å². The minimum atomic E-state index is -0.682. The smallest absolute Gasteiger partial charge is 0.267 e. The molecule has 2 aromatic carbocycles. The number of aromatic nitrogens is 8. The van der Waals surface area contributed by atoms with Crippen molar-refractivity contribution in [3.63, 3.8) is 0 Å². The second-order valence-electron chi connectivity index (χ2n) is 8.30. The summed E-state index contributed by atoms with van der Waals surface area (Å²) in [7, 11) is 0. The summed E-state index contributed by atoms with van der Waals surface area (Å²) >= 11 is 16.6. The summed E-state index contributed by atoms with van der Waals surface area (Å²) in [6.07, 6.45) is 0. The summed E-state index contributed by atoms with van der Waals surface area (Å²) in [5, 5.41) is 25.1. The van der Waals surface area contributed by atoms with Crippen molar-refractivity contribution in [1.82, 2.24) is 38.3 Å². The van der Waals surface area contributed by atoms with Gasteiger partial charge in [0.05, 0.1) is 11.4 Å². The third-order valence-corrected chi connectivity index (χ3v) is 7.15. The zero-order valence-electron chi connectivity index (χ0n) is 19.9. The molecule has 0 bridgehead atoms. The van der Waals surface area contributed by atoms with Crippen LogP contribution in [0.3, 0.4) is 0 Å². The number of fused-ring (bicyclic) bond motifs is 2. The maximum atomic E-state index is 13.3. The maximum Gasteiger partial charge on any atom is 0.280 e. The van der Waals surface area contributed by atoms with Gasteiger partial charge in [0.2, 0.25) is 26.2 Å². The highest BCUT2D eigenvalue weighted by atomic mass is 32.1. The quantitative estimate of drug-likeness (QED) is 0.294. The van der Waals surface area contributed by atoms with Gasteiger partial charge in [0.25, 0.3) is 11.1 Å². The summed E-state index contributed by atoms with van der Waals surface area (Å²) in [6, 6.07) is 21.4. The van der Waals surface area contributed by atoms with Crippen LogP contribution in [0.5, 0.6) is 0 Å². The molecule has 0 atom stereocenters. The lowest BCUT2D eigenvalue weighted by atomic mass is 10.1. The molecule has 0 amide bonds. The molecule has 0 fully saturated rings. The number of rotatable bonds is 2. The monoisotopic (exact) mass is 580 g/mol. The van der Waals surface area contributed by atoms with Crippen LogP contribution in [0, 0.1) is 32.2 Å². The van der Waals surface area contributed by atoms with E-state index in [2.05, 4.69) is 20.2 Å². The average molecular weight is 581 g/mol. The van der Waals surface area contributed by atoms with E-state index in [9.17, 15) is 20.1 Å². The normalized spacial score (nSPS) is 10.9. The number of nitriles is 2. The third-order valence-electron chi connectivity index (χ3n) is 6.06. The van der Waals surface area contributed by atoms with Gasteiger partial charge >= 0.3 is 0 Å². The maximum absolute atomic E-state index is 13.3. The molecule has 2 N–H and O–H groups in total. The number of hydrogen-bond acceptors (Lipinski definition) is 9. The largest absolute Gasteiger partial charge is 0.280 e. The van der Waals surface area contributed by atoms with Gasteiger partial charge in [-0.15, -0.1) is 0 Å². The number of thiocarbonyl (C=S) groups is 1. The Labute approximate surface area is 238 Å². The van der Waals surface area contributed by atoms with Gasteiger partial charge in [0, 0.05) is 11.1 Å². The Morgan fingerprint density at radius 3 is 1.43 bits per heavy atom. The summed E-state index contributed by atoms with van der Waals surface area (Å²) in [4.78, 5) is 35.5. The summed E-state index contributed by atoms with van der Waals surface area (Å²) in [5.74, 6) is 0.0671. The molecule has 15 heteroatoms. The lowest BCUT2D eigenvalue weighted by Crippen LogP contribution is -2.24. The first-order valence-corrected chi connectivity index (χ1v) is 12.6. The first-order valence-electron chi connectivity index (χ1n) is 11.4. The van der Waals surface area contributed by atoms with E-state index < -0.39 is 11.1 Å². The predicted octanol–water partition coefficient (Wildman–Crippen LogP) is 3.18. The van der Waals surface area contributed by atoms with E-state index in [0.29, 0.717) is 11.1 Å². The van der Waals surface area contributed by atoms with E-state index >= 15 is 0 Å². The Morgan fingerprint density at radius 1 is 0.700 bits per heavy atom. The Kier molecular flexibility index (Phi) is 5.89. The van der Waals surface area contributed by atoms with E-state index in [0.717, 1.165) is 8.80 Å². The molecule has 0 aliphatic rings. The molecule has 40 heavy (non-hydrogen) atoms. The van der Waals surface area contributed by atoms with Crippen molar-refractivity contribution in [2.45, 2.75) is 0 Å². The molecule has 0 saturated carbocycles. The second-order valence-corrected chi connectivity index (χ2v) is 9.39. The molecule has 6 aromatic rings. The van der Waals surface area contributed by atoms with Crippen molar-refractivity contribution in [2.24, 2.45) is 0 Å². The van der Waals surface area contributed by atoms with Crippen LogP contribution >= 0.6 is 36.7 Å². The first-order chi connectivity index (χ1) is 19.3. The third kappa shape index (κ3) is 3.65. The summed E-state index contributed by atoms with van der Waals surface area (Å²) in [6.45, 7) is 0. The fourth-order valence-corrected chi connectivity index (χ4v) is 5.20. The number of hydrogen-bond donors (Lipinski definition) is 2. The van der Waals surface area contributed by atoms with Crippen LogP contribution in [0.2, 0.25) is 0 Å². The number of nitrogens with zero attached hydrogens (tertiary/aromatic N) is 8. The van der Waals surface area contributed by atoms with Gasteiger partial charge in [-0.25, -0.2) is 18.8 Å². The number of H-pyrrole nitrogens is 2. The molecule has 0 aliphatic carbocycles. The van der Waals surface area contributed by atoms with Gasteiger partial charge < -0.3 is 0 Å².